The van der Waals surface area contributed by atoms with Crippen molar-refractivity contribution in [3.8, 4) is 0 Å². The number of rotatable bonds is 4. The molecule has 0 amide bonds. The van der Waals surface area contributed by atoms with E-state index in [9.17, 15) is 10.1 Å². The van der Waals surface area contributed by atoms with Crippen molar-refractivity contribution in [1.29, 1.82) is 0 Å². The van der Waals surface area contributed by atoms with E-state index in [1.54, 1.807) is 12.1 Å². The van der Waals surface area contributed by atoms with Gasteiger partial charge in [-0.3, -0.25) is 10.1 Å². The highest BCUT2D eigenvalue weighted by molar-refractivity contribution is 6.17. The van der Waals surface area contributed by atoms with Gasteiger partial charge in [-0.25, -0.2) is 0 Å². The van der Waals surface area contributed by atoms with Crippen LogP contribution in [-0.4, -0.2) is 15.4 Å². The average molecular weight is 255 g/mol. The smallest absolute Gasteiger partial charge is 0.270 e. The Hall–Kier alpha value is -1.55. The van der Waals surface area contributed by atoms with Gasteiger partial charge in [0, 0.05) is 41.7 Å². The van der Waals surface area contributed by atoms with Crippen LogP contribution in [0.15, 0.2) is 30.5 Å². The second kappa shape index (κ2) is 5.68. The molecule has 2 rings (SSSR count). The lowest BCUT2D eigenvalue weighted by molar-refractivity contribution is -0.384. The summed E-state index contributed by atoms with van der Waals surface area (Å²) in [6.45, 7) is 0.838. The minimum atomic E-state index is -0.379. The molecule has 0 atom stereocenters. The number of aryl methyl sites for hydroxylation is 1. The Balaban J connectivity index is 0.00000144. The van der Waals surface area contributed by atoms with Gasteiger partial charge in [-0.05, 0) is 18.6 Å². The Morgan fingerprint density at radius 3 is 2.76 bits per heavy atom. The number of hydrogen-bond donors (Lipinski definition) is 0. The molecule has 0 saturated heterocycles. The van der Waals surface area contributed by atoms with Crippen LogP contribution in [0, 0.1) is 10.1 Å². The van der Waals surface area contributed by atoms with E-state index in [4.69, 9.17) is 11.6 Å². The number of alkyl halides is 1. The molecule has 0 radical (unpaired) electrons. The first-order chi connectivity index (χ1) is 7.72. The number of hydrogen-bond acceptors (Lipinski definition) is 2. The third-order valence-electron chi connectivity index (χ3n) is 2.50. The van der Waals surface area contributed by atoms with Gasteiger partial charge in [0.05, 0.1) is 4.92 Å². The molecular formula is C12H15ClN2O2. The molecule has 0 aliphatic carbocycles. The molecule has 4 nitrogen and oxygen atoms in total. The molecule has 0 N–H and O–H groups in total. The van der Waals surface area contributed by atoms with Crippen LogP contribution in [0.1, 0.15) is 13.8 Å². The highest BCUT2D eigenvalue weighted by Crippen LogP contribution is 2.22. The van der Waals surface area contributed by atoms with Gasteiger partial charge >= 0.3 is 0 Å². The SMILES string of the molecule is C.O=[N+]([O-])c1ccc2c(ccn2CCCCl)c1. The largest absolute Gasteiger partial charge is 0.347 e. The van der Waals surface area contributed by atoms with E-state index in [2.05, 4.69) is 4.57 Å². The van der Waals surface area contributed by atoms with E-state index in [1.165, 1.54) is 6.07 Å². The number of fused-ring (bicyclic) bond motifs is 1. The van der Waals surface area contributed by atoms with Crippen LogP contribution in [-0.2, 0) is 6.54 Å². The van der Waals surface area contributed by atoms with Crippen molar-refractivity contribution < 1.29 is 4.92 Å². The average Bonchev–Trinajstić information content (AvgIpc) is 2.68. The highest BCUT2D eigenvalue weighted by Gasteiger charge is 2.08. The number of nitrogens with zero attached hydrogens (tertiary/aromatic N) is 2. The maximum Gasteiger partial charge on any atom is 0.270 e. The topological polar surface area (TPSA) is 48.1 Å². The Bertz CT molecular complexity index is 522. The minimum absolute atomic E-state index is 0. The molecule has 0 unspecified atom stereocenters. The summed E-state index contributed by atoms with van der Waals surface area (Å²) in [7, 11) is 0. The molecule has 0 fully saturated rings. The van der Waals surface area contributed by atoms with Gasteiger partial charge in [-0.1, -0.05) is 7.43 Å². The third-order valence-corrected chi connectivity index (χ3v) is 2.77. The van der Waals surface area contributed by atoms with E-state index in [0.717, 1.165) is 23.9 Å². The van der Waals surface area contributed by atoms with Gasteiger partial charge in [0.25, 0.3) is 5.69 Å². The van der Waals surface area contributed by atoms with E-state index >= 15 is 0 Å². The lowest BCUT2D eigenvalue weighted by atomic mass is 10.2. The van der Waals surface area contributed by atoms with Crippen LogP contribution in [0.5, 0.6) is 0 Å². The Kier molecular flexibility index (Phi) is 4.52. The number of aromatic nitrogens is 1. The molecule has 0 aliphatic heterocycles. The molecule has 1 aromatic heterocycles. The van der Waals surface area contributed by atoms with Crippen molar-refractivity contribution in [2.24, 2.45) is 0 Å². The first-order valence-electron chi connectivity index (χ1n) is 5.01. The molecule has 17 heavy (non-hydrogen) atoms. The summed E-state index contributed by atoms with van der Waals surface area (Å²) in [6, 6.07) is 6.78. The van der Waals surface area contributed by atoms with Crippen molar-refractivity contribution in [2.45, 2.75) is 20.4 Å². The summed E-state index contributed by atoms with van der Waals surface area (Å²) in [4.78, 5) is 10.2. The van der Waals surface area contributed by atoms with Crippen molar-refractivity contribution >= 4 is 28.2 Å². The van der Waals surface area contributed by atoms with Crippen LogP contribution in [0.2, 0.25) is 0 Å². The van der Waals surface area contributed by atoms with Gasteiger partial charge in [-0.15, -0.1) is 11.6 Å². The third kappa shape index (κ3) is 2.77. The second-order valence-corrected chi connectivity index (χ2v) is 3.93. The minimum Gasteiger partial charge on any atom is -0.347 e. The van der Waals surface area contributed by atoms with Crippen molar-refractivity contribution in [1.82, 2.24) is 4.57 Å². The maximum atomic E-state index is 10.6. The quantitative estimate of drug-likeness (QED) is 0.473. The fourth-order valence-electron chi connectivity index (χ4n) is 1.73. The first-order valence-corrected chi connectivity index (χ1v) is 5.55. The number of nitro groups is 1. The van der Waals surface area contributed by atoms with Gasteiger partial charge in [0.2, 0.25) is 0 Å². The van der Waals surface area contributed by atoms with Crippen LogP contribution in [0.3, 0.4) is 0 Å². The molecular weight excluding hydrogens is 240 g/mol. The molecule has 0 bridgehead atoms. The summed E-state index contributed by atoms with van der Waals surface area (Å²) in [5.74, 6) is 0.618. The molecule has 0 aliphatic rings. The molecule has 5 heteroatoms. The standard InChI is InChI=1S/C11H11ClN2O2.CH4/c12-5-1-6-13-7-4-9-8-10(14(15)16)2-3-11(9)13;/h2-4,7-8H,1,5-6H2;1H4. The van der Waals surface area contributed by atoms with Crippen LogP contribution < -0.4 is 0 Å². The molecule has 1 heterocycles. The zero-order chi connectivity index (χ0) is 11.5. The zero-order valence-electron chi connectivity index (χ0n) is 8.60. The molecule has 92 valence electrons. The summed E-state index contributed by atoms with van der Waals surface area (Å²) < 4.78 is 2.06. The summed E-state index contributed by atoms with van der Waals surface area (Å²) in [5.41, 5.74) is 1.14. The first kappa shape index (κ1) is 13.5. The summed E-state index contributed by atoms with van der Waals surface area (Å²) in [6.07, 6.45) is 2.82. The highest BCUT2D eigenvalue weighted by atomic mass is 35.5. The normalized spacial score (nSPS) is 10.2. The van der Waals surface area contributed by atoms with Crippen LogP contribution >= 0.6 is 11.6 Å². The predicted octanol–water partition coefficient (Wildman–Crippen LogP) is 3.81. The Morgan fingerprint density at radius 2 is 2.12 bits per heavy atom. The van der Waals surface area contributed by atoms with E-state index in [0.29, 0.717) is 5.88 Å². The number of benzene rings is 1. The Labute approximate surface area is 105 Å². The molecule has 1 aromatic carbocycles. The zero-order valence-corrected chi connectivity index (χ0v) is 9.35. The summed E-state index contributed by atoms with van der Waals surface area (Å²) in [5, 5.41) is 11.5. The molecule has 2 aromatic rings. The van der Waals surface area contributed by atoms with Gasteiger partial charge in [0.15, 0.2) is 0 Å². The van der Waals surface area contributed by atoms with E-state index < -0.39 is 0 Å². The lowest BCUT2D eigenvalue weighted by Gasteiger charge is -2.02. The van der Waals surface area contributed by atoms with Gasteiger partial charge < -0.3 is 4.57 Å². The summed E-state index contributed by atoms with van der Waals surface area (Å²) >= 11 is 5.63. The van der Waals surface area contributed by atoms with Gasteiger partial charge in [0.1, 0.15) is 0 Å². The fourth-order valence-corrected chi connectivity index (χ4v) is 1.85. The predicted molar refractivity (Wildman–Crippen MR) is 70.7 cm³/mol. The maximum absolute atomic E-state index is 10.6. The number of halogens is 1. The van der Waals surface area contributed by atoms with Gasteiger partial charge in [-0.2, -0.15) is 0 Å². The van der Waals surface area contributed by atoms with Crippen LogP contribution in [0.4, 0.5) is 5.69 Å². The van der Waals surface area contributed by atoms with E-state index in [-0.39, 0.29) is 18.0 Å². The van der Waals surface area contributed by atoms with Crippen molar-refractivity contribution in [3.05, 3.63) is 40.6 Å². The second-order valence-electron chi connectivity index (χ2n) is 3.55. The van der Waals surface area contributed by atoms with Crippen molar-refractivity contribution in [3.63, 3.8) is 0 Å². The van der Waals surface area contributed by atoms with Crippen molar-refractivity contribution in [2.75, 3.05) is 5.88 Å². The number of non-ortho nitro benzene ring substituents is 1. The fraction of sp³-hybridized carbons (Fsp3) is 0.333. The number of nitro benzene ring substituents is 1. The molecule has 0 spiro atoms. The lowest BCUT2D eigenvalue weighted by Crippen LogP contribution is -1.96. The Morgan fingerprint density at radius 1 is 1.35 bits per heavy atom. The molecule has 0 saturated carbocycles. The van der Waals surface area contributed by atoms with Crippen LogP contribution in [0.25, 0.3) is 10.9 Å². The monoisotopic (exact) mass is 254 g/mol. The van der Waals surface area contributed by atoms with E-state index in [1.807, 2.05) is 12.3 Å².